The van der Waals surface area contributed by atoms with Crippen molar-refractivity contribution in [2.45, 2.75) is 110 Å². The van der Waals surface area contributed by atoms with Crippen LogP contribution in [0.1, 0.15) is 36.8 Å². The number of rotatable bonds is 28. The minimum atomic E-state index is -8.14. The Morgan fingerprint density at radius 2 is 0.611 bits per heavy atom. The minimum Gasteiger partial charge on any atom is -1.00 e. The van der Waals surface area contributed by atoms with Crippen LogP contribution in [0.4, 0.5) is 114 Å². The van der Waals surface area contributed by atoms with Gasteiger partial charge in [-0.3, -0.25) is 0 Å². The highest BCUT2D eigenvalue weighted by molar-refractivity contribution is 7.89. The lowest BCUT2D eigenvalue weighted by Gasteiger charge is -2.39. The van der Waals surface area contributed by atoms with Crippen molar-refractivity contribution in [3.63, 3.8) is 0 Å². The average Bonchev–Trinajstić information content (AvgIpc) is 3.16. The lowest BCUT2D eigenvalue weighted by molar-refractivity contribution is -0.904. The van der Waals surface area contributed by atoms with Crippen LogP contribution in [-0.2, 0) is 33.1 Å². The Balaban J connectivity index is 0. The molecule has 0 aliphatic heterocycles. The van der Waals surface area contributed by atoms with Crippen LogP contribution in [0, 0.1) is 0 Å². The van der Waals surface area contributed by atoms with Crippen LogP contribution in [0.5, 0.6) is 0 Å². The number of halogens is 28. The lowest BCUT2D eigenvalue weighted by atomic mass is 9.93. The van der Waals surface area contributed by atoms with Crippen molar-refractivity contribution in [1.29, 1.82) is 0 Å². The molecule has 0 spiro atoms. The quantitative estimate of drug-likeness (QED) is 0.0762. The number of hydrogen-bond acceptors (Lipinski definition) is 4. The Hall–Kier alpha value is -1.90. The molecule has 0 aromatic heterocycles. The van der Waals surface area contributed by atoms with Gasteiger partial charge in [0, 0.05) is 49.9 Å². The Bertz CT molecular complexity index is 1990. The molecule has 72 heavy (non-hydrogen) atoms. The fraction of sp³-hybridized carbons (Fsp3) is 0.824. The van der Waals surface area contributed by atoms with Crippen molar-refractivity contribution in [3.8, 4) is 0 Å². The van der Waals surface area contributed by atoms with E-state index in [9.17, 15) is 131 Å². The van der Waals surface area contributed by atoms with E-state index in [-0.39, 0.29) is 81.9 Å². The monoisotopic (exact) mass is 1290 g/mol. The number of nitrogens with one attached hydrogen (secondary N) is 2. The van der Waals surface area contributed by atoms with Crippen molar-refractivity contribution in [2.75, 3.05) is 65.9 Å². The molecule has 1 aromatic carbocycles. The molecule has 0 heterocycles. The second-order valence-corrected chi connectivity index (χ2v) is 20.9. The van der Waals surface area contributed by atoms with Gasteiger partial charge in [-0.1, -0.05) is 24.3 Å². The fourth-order valence-electron chi connectivity index (χ4n) is 5.95. The summed E-state index contributed by atoms with van der Waals surface area (Å²) in [5.41, 5.74) is 1.24. The van der Waals surface area contributed by atoms with Gasteiger partial charge in [0.25, 0.3) is 0 Å². The summed E-state index contributed by atoms with van der Waals surface area (Å²) in [6, 6.07) is 6.40. The first-order valence-electron chi connectivity index (χ1n) is 19.1. The van der Waals surface area contributed by atoms with Crippen LogP contribution in [0.15, 0.2) is 24.3 Å². The molecule has 0 atom stereocenters. The number of nitrogens with zero attached hydrogens (tertiary/aromatic N) is 2. The Morgan fingerprint density at radius 3 is 0.833 bits per heavy atom. The second kappa shape index (κ2) is 23.0. The van der Waals surface area contributed by atoms with Crippen molar-refractivity contribution in [3.05, 3.63) is 35.4 Å². The molecule has 0 bridgehead atoms. The van der Waals surface area contributed by atoms with E-state index in [1.165, 1.54) is 0 Å². The molecule has 0 saturated heterocycles. The summed E-state index contributed by atoms with van der Waals surface area (Å²) in [7, 11) is -3.93. The topological polar surface area (TPSA) is 92.3 Å². The second-order valence-electron chi connectivity index (χ2n) is 17.1. The Labute approximate surface area is 414 Å². The van der Waals surface area contributed by atoms with Crippen LogP contribution < -0.4 is 43.4 Å². The average molecular weight is 1290 g/mol. The molecule has 0 aliphatic rings. The summed E-state index contributed by atoms with van der Waals surface area (Å²) in [5.74, 6) is -81.2. The van der Waals surface area contributed by atoms with Crippen molar-refractivity contribution < 1.29 is 174 Å². The third-order valence-electron chi connectivity index (χ3n) is 10.1. The maximum absolute atomic E-state index is 14.1. The van der Waals surface area contributed by atoms with E-state index in [2.05, 4.69) is 0 Å². The molecule has 0 radical (unpaired) electrons. The van der Waals surface area contributed by atoms with E-state index < -0.39 is 129 Å². The van der Waals surface area contributed by atoms with Gasteiger partial charge in [-0.15, -0.1) is 0 Å². The lowest BCUT2D eigenvalue weighted by Crippen LogP contribution is -3.00. The summed E-state index contributed by atoms with van der Waals surface area (Å²) in [6.07, 6.45) is -21.4. The number of hydrogen-bond donors (Lipinski definition) is 2. The first-order valence-corrected chi connectivity index (χ1v) is 22.4. The molecule has 1 rings (SSSR count). The SMILES string of the molecule is C[N+](C)(CCCNS(=O)(=O)CCC(F)(F)C(F)(F)C(F)(F)C(F)(F)C(F)(F)C(F)(F)F)Cc1ccc(C[N+](C)(C)CCCNS(=O)(=O)CCC(F)(F)C(F)(F)C(F)(F)C(F)(F)C(F)(F)C(F)(F)F)cc1.[Br-].[Br-]. The zero-order valence-corrected chi connectivity index (χ0v) is 41.5. The van der Waals surface area contributed by atoms with E-state index in [4.69, 9.17) is 0 Å². The Morgan fingerprint density at radius 1 is 0.389 bits per heavy atom. The Kier molecular flexibility index (Phi) is 23.0. The van der Waals surface area contributed by atoms with Crippen molar-refractivity contribution in [1.82, 2.24) is 9.44 Å². The molecular weight excluding hydrogens is 1250 g/mol. The number of benzene rings is 1. The normalized spacial score (nSPS) is 15.3. The van der Waals surface area contributed by atoms with Gasteiger partial charge in [-0.25, -0.2) is 26.3 Å². The number of alkyl halides is 26. The molecular formula is C34H42Br2F26N4O4S2. The van der Waals surface area contributed by atoms with Crippen molar-refractivity contribution in [2.24, 2.45) is 0 Å². The zero-order valence-electron chi connectivity index (χ0n) is 36.7. The highest BCUT2D eigenvalue weighted by Crippen LogP contribution is 2.62. The van der Waals surface area contributed by atoms with Crippen molar-refractivity contribution >= 4 is 20.0 Å². The van der Waals surface area contributed by atoms with Gasteiger partial charge < -0.3 is 42.9 Å². The van der Waals surface area contributed by atoms with E-state index in [0.29, 0.717) is 11.1 Å². The van der Waals surface area contributed by atoms with E-state index in [1.807, 2.05) is 0 Å². The molecule has 0 unspecified atom stereocenters. The smallest absolute Gasteiger partial charge is 0.460 e. The van der Waals surface area contributed by atoms with Gasteiger partial charge in [0.15, 0.2) is 0 Å². The summed E-state index contributed by atoms with van der Waals surface area (Å²) in [4.78, 5) is 0. The van der Waals surface area contributed by atoms with E-state index >= 15 is 0 Å². The molecule has 0 amide bonds. The molecule has 0 aliphatic carbocycles. The van der Waals surface area contributed by atoms with Gasteiger partial charge >= 0.3 is 71.6 Å². The van der Waals surface area contributed by atoms with Gasteiger partial charge in [0.05, 0.1) is 52.8 Å². The molecule has 430 valence electrons. The third kappa shape index (κ3) is 15.6. The molecule has 1 aromatic rings. The largest absolute Gasteiger partial charge is 1.00 e. The molecule has 38 heteroatoms. The van der Waals surface area contributed by atoms with E-state index in [0.717, 1.165) is 0 Å². The summed E-state index contributed by atoms with van der Waals surface area (Å²) in [6.45, 7) is -0.811. The number of sulfonamides is 2. The predicted octanol–water partition coefficient (Wildman–Crippen LogP) is 3.72. The van der Waals surface area contributed by atoms with Gasteiger partial charge in [0.2, 0.25) is 20.0 Å². The van der Waals surface area contributed by atoms with Crippen LogP contribution in [0.25, 0.3) is 0 Å². The van der Waals surface area contributed by atoms with Gasteiger partial charge in [-0.05, 0) is 0 Å². The summed E-state index contributed by atoms with van der Waals surface area (Å²) >= 11 is 0. The predicted molar refractivity (Wildman–Crippen MR) is 191 cm³/mol. The van der Waals surface area contributed by atoms with Crippen LogP contribution in [-0.4, -0.2) is 163 Å². The van der Waals surface area contributed by atoms with E-state index in [1.54, 1.807) is 61.9 Å². The fourth-order valence-corrected chi connectivity index (χ4v) is 8.20. The third-order valence-corrected chi connectivity index (χ3v) is 12.9. The number of quaternary nitrogens is 2. The maximum Gasteiger partial charge on any atom is 0.460 e. The first kappa shape index (κ1) is 72.2. The molecule has 8 nitrogen and oxygen atoms in total. The summed E-state index contributed by atoms with van der Waals surface area (Å²) < 4.78 is 398. The van der Waals surface area contributed by atoms with Gasteiger partial charge in [0.1, 0.15) is 13.1 Å². The van der Waals surface area contributed by atoms with Crippen LogP contribution in [0.2, 0.25) is 0 Å². The highest BCUT2D eigenvalue weighted by atomic mass is 79.9. The molecule has 0 saturated carbocycles. The van der Waals surface area contributed by atoms with Crippen LogP contribution >= 0.6 is 0 Å². The highest BCUT2D eigenvalue weighted by Gasteiger charge is 2.92. The van der Waals surface area contributed by atoms with Gasteiger partial charge in [-0.2, -0.15) is 114 Å². The maximum atomic E-state index is 14.1. The van der Waals surface area contributed by atoms with Crippen LogP contribution in [0.3, 0.4) is 0 Å². The first-order chi connectivity index (χ1) is 30.5. The standard InChI is InChI=1S/C34H42F26N4O4S2.2BrH/c1-63(2,15-5-13-61-69(65,66)17-11-23(35,36)25(39,40)27(43,44)29(47,48)31(51,52)33(55,56)57)19-21-7-9-22(10-8-21)20-64(3,4)16-6-14-62-70(67,68)18-12-24(37,38)26(41,42)28(45,46)30(49,50)32(53,54)34(58,59)60;;/h7-10,61-62H,5-6,11-20H2,1-4H3;2*1H/q+2;;/p-2. The minimum absolute atomic E-state index is 0. The molecule has 0 fully saturated rings. The zero-order chi connectivity index (χ0) is 55.9. The molecule has 2 N–H and O–H groups in total. The summed E-state index contributed by atoms with van der Waals surface area (Å²) in [5, 5.41) is 0.